The molecule has 0 fully saturated rings. The summed E-state index contributed by atoms with van der Waals surface area (Å²) in [6.45, 7) is 2.32. The number of aromatic nitrogens is 1. The fourth-order valence-electron chi connectivity index (χ4n) is 2.45. The smallest absolute Gasteiger partial charge is 0.244 e. The number of nitrogens with zero attached hydrogens (tertiary/aromatic N) is 1. The van der Waals surface area contributed by atoms with E-state index in [4.69, 9.17) is 9.47 Å². The molecule has 2 aromatic carbocycles. The number of para-hydroxylation sites is 1. The largest absolute Gasteiger partial charge is 0.492 e. The van der Waals surface area contributed by atoms with E-state index in [1.807, 2.05) is 19.1 Å². The first kappa shape index (κ1) is 18.9. The predicted octanol–water partition coefficient (Wildman–Crippen LogP) is 3.75. The molecular weight excluding hydrogens is 364 g/mol. The number of nitrogens with one attached hydrogen (secondary N) is 1. The summed E-state index contributed by atoms with van der Waals surface area (Å²) in [5.41, 5.74) is 0.765. The molecule has 0 bridgehead atoms. The lowest BCUT2D eigenvalue weighted by Crippen LogP contribution is -2.23. The molecule has 0 saturated heterocycles. The molecule has 0 atom stereocenters. The van der Waals surface area contributed by atoms with Crippen LogP contribution in [0.5, 0.6) is 17.4 Å². The normalized spacial score (nSPS) is 11.1. The van der Waals surface area contributed by atoms with E-state index in [0.717, 1.165) is 5.56 Å². The summed E-state index contributed by atoms with van der Waals surface area (Å²) < 4.78 is 39.0. The minimum atomic E-state index is -3.71. The third-order valence-electron chi connectivity index (χ3n) is 3.66. The van der Waals surface area contributed by atoms with Gasteiger partial charge in [0.1, 0.15) is 16.4 Å². The molecule has 0 spiro atoms. The molecule has 7 heteroatoms. The SMILES string of the molecule is CCOc1ccccc1S(=O)(=O)NCc1cccc(Oc2ccccn2)c1. The van der Waals surface area contributed by atoms with Crippen LogP contribution in [0.1, 0.15) is 12.5 Å². The topological polar surface area (TPSA) is 77.5 Å². The summed E-state index contributed by atoms with van der Waals surface area (Å²) in [7, 11) is -3.71. The number of hydrogen-bond acceptors (Lipinski definition) is 5. The Kier molecular flexibility index (Phi) is 6.05. The average molecular weight is 384 g/mol. The van der Waals surface area contributed by atoms with Crippen LogP contribution in [0, 0.1) is 0 Å². The van der Waals surface area contributed by atoms with Crippen LogP contribution in [0.15, 0.2) is 77.8 Å². The van der Waals surface area contributed by atoms with E-state index in [1.165, 1.54) is 6.07 Å². The van der Waals surface area contributed by atoms with E-state index in [2.05, 4.69) is 9.71 Å². The van der Waals surface area contributed by atoms with Gasteiger partial charge < -0.3 is 9.47 Å². The average Bonchev–Trinajstić information content (AvgIpc) is 2.68. The molecule has 1 N–H and O–H groups in total. The standard InChI is InChI=1S/C20H20N2O4S/c1-2-25-18-10-3-4-11-19(18)27(23,24)22-15-16-8-7-9-17(14-16)26-20-12-5-6-13-21-20/h3-14,22H,2,15H2,1H3. The highest BCUT2D eigenvalue weighted by Gasteiger charge is 2.18. The summed E-state index contributed by atoms with van der Waals surface area (Å²) >= 11 is 0. The van der Waals surface area contributed by atoms with Crippen LogP contribution < -0.4 is 14.2 Å². The van der Waals surface area contributed by atoms with E-state index in [9.17, 15) is 8.42 Å². The Morgan fingerprint density at radius 2 is 1.81 bits per heavy atom. The van der Waals surface area contributed by atoms with Crippen molar-refractivity contribution in [2.75, 3.05) is 6.61 Å². The zero-order chi connectivity index (χ0) is 19.1. The molecule has 6 nitrogen and oxygen atoms in total. The number of ether oxygens (including phenoxy) is 2. The lowest BCUT2D eigenvalue weighted by molar-refractivity contribution is 0.331. The van der Waals surface area contributed by atoms with Crippen molar-refractivity contribution >= 4 is 10.0 Å². The summed E-state index contributed by atoms with van der Waals surface area (Å²) in [6.07, 6.45) is 1.64. The fraction of sp³-hybridized carbons (Fsp3) is 0.150. The molecule has 0 aliphatic rings. The van der Waals surface area contributed by atoms with E-state index in [-0.39, 0.29) is 11.4 Å². The molecule has 0 unspecified atom stereocenters. The fourth-order valence-corrected chi connectivity index (χ4v) is 3.61. The van der Waals surface area contributed by atoms with Crippen molar-refractivity contribution in [1.82, 2.24) is 9.71 Å². The zero-order valence-corrected chi connectivity index (χ0v) is 15.6. The van der Waals surface area contributed by atoms with Gasteiger partial charge in [-0.05, 0) is 42.8 Å². The molecule has 0 radical (unpaired) electrons. The van der Waals surface area contributed by atoms with Crippen molar-refractivity contribution in [3.8, 4) is 17.4 Å². The van der Waals surface area contributed by atoms with Crippen LogP contribution in [0.4, 0.5) is 0 Å². The lowest BCUT2D eigenvalue weighted by atomic mass is 10.2. The molecule has 3 rings (SSSR count). The Bertz CT molecular complexity index is 992. The van der Waals surface area contributed by atoms with E-state index < -0.39 is 10.0 Å². The van der Waals surface area contributed by atoms with E-state index >= 15 is 0 Å². The second-order valence-corrected chi connectivity index (χ2v) is 7.36. The molecular formula is C20H20N2O4S. The second kappa shape index (κ2) is 8.66. The number of benzene rings is 2. The highest BCUT2D eigenvalue weighted by molar-refractivity contribution is 7.89. The van der Waals surface area contributed by atoms with Gasteiger partial charge in [0.25, 0.3) is 0 Å². The Morgan fingerprint density at radius 1 is 1.00 bits per heavy atom. The van der Waals surface area contributed by atoms with Crippen molar-refractivity contribution < 1.29 is 17.9 Å². The number of hydrogen-bond donors (Lipinski definition) is 1. The Hall–Kier alpha value is -2.90. The van der Waals surface area contributed by atoms with Gasteiger partial charge in [-0.3, -0.25) is 0 Å². The molecule has 0 aliphatic carbocycles. The van der Waals surface area contributed by atoms with Crippen LogP contribution in [0.2, 0.25) is 0 Å². The Morgan fingerprint density at radius 3 is 2.59 bits per heavy atom. The van der Waals surface area contributed by atoms with Crippen LogP contribution in [-0.4, -0.2) is 20.0 Å². The molecule has 27 heavy (non-hydrogen) atoms. The first-order valence-electron chi connectivity index (χ1n) is 8.48. The Balaban J connectivity index is 1.72. The van der Waals surface area contributed by atoms with Crippen molar-refractivity contribution in [2.24, 2.45) is 0 Å². The Labute approximate surface area is 158 Å². The number of pyridine rings is 1. The first-order chi connectivity index (χ1) is 13.1. The van der Waals surface area contributed by atoms with Crippen LogP contribution in [-0.2, 0) is 16.6 Å². The summed E-state index contributed by atoms with van der Waals surface area (Å²) in [4.78, 5) is 4.23. The molecule has 1 heterocycles. The molecule has 1 aromatic heterocycles. The maximum Gasteiger partial charge on any atom is 0.244 e. The minimum Gasteiger partial charge on any atom is -0.492 e. The van der Waals surface area contributed by atoms with Crippen LogP contribution in [0.3, 0.4) is 0 Å². The lowest BCUT2D eigenvalue weighted by Gasteiger charge is -2.12. The van der Waals surface area contributed by atoms with Crippen molar-refractivity contribution in [3.63, 3.8) is 0 Å². The molecule has 0 amide bonds. The van der Waals surface area contributed by atoms with Gasteiger partial charge in [-0.15, -0.1) is 0 Å². The van der Waals surface area contributed by atoms with E-state index in [1.54, 1.807) is 54.7 Å². The quantitative estimate of drug-likeness (QED) is 0.640. The van der Waals surface area contributed by atoms with Gasteiger partial charge >= 0.3 is 0 Å². The third kappa shape index (κ3) is 5.06. The number of rotatable bonds is 8. The van der Waals surface area contributed by atoms with Crippen molar-refractivity contribution in [1.29, 1.82) is 0 Å². The van der Waals surface area contributed by atoms with Gasteiger partial charge in [0.2, 0.25) is 15.9 Å². The summed E-state index contributed by atoms with van der Waals surface area (Å²) in [5.74, 6) is 1.39. The highest BCUT2D eigenvalue weighted by atomic mass is 32.2. The maximum atomic E-state index is 12.6. The van der Waals surface area contributed by atoms with E-state index in [0.29, 0.717) is 24.0 Å². The van der Waals surface area contributed by atoms with Gasteiger partial charge in [-0.2, -0.15) is 0 Å². The van der Waals surface area contributed by atoms with Crippen LogP contribution in [0.25, 0.3) is 0 Å². The summed E-state index contributed by atoms with van der Waals surface area (Å²) in [5, 5.41) is 0. The molecule has 0 aliphatic heterocycles. The predicted molar refractivity (Wildman–Crippen MR) is 102 cm³/mol. The first-order valence-corrected chi connectivity index (χ1v) is 9.96. The van der Waals surface area contributed by atoms with Gasteiger partial charge in [-0.25, -0.2) is 18.1 Å². The molecule has 3 aromatic rings. The molecule has 0 saturated carbocycles. The maximum absolute atomic E-state index is 12.6. The van der Waals surface area contributed by atoms with Crippen molar-refractivity contribution in [3.05, 3.63) is 78.5 Å². The van der Waals surface area contributed by atoms with Gasteiger partial charge in [0.15, 0.2) is 0 Å². The highest BCUT2D eigenvalue weighted by Crippen LogP contribution is 2.24. The second-order valence-electron chi connectivity index (χ2n) is 5.62. The number of sulfonamides is 1. The van der Waals surface area contributed by atoms with Gasteiger partial charge in [-0.1, -0.05) is 30.3 Å². The zero-order valence-electron chi connectivity index (χ0n) is 14.8. The monoisotopic (exact) mass is 384 g/mol. The van der Waals surface area contributed by atoms with Crippen LogP contribution >= 0.6 is 0 Å². The minimum absolute atomic E-state index is 0.118. The van der Waals surface area contributed by atoms with Crippen molar-refractivity contribution in [2.45, 2.75) is 18.4 Å². The van der Waals surface area contributed by atoms with Gasteiger partial charge in [0, 0.05) is 18.8 Å². The van der Waals surface area contributed by atoms with Gasteiger partial charge in [0.05, 0.1) is 6.61 Å². The molecule has 140 valence electrons. The third-order valence-corrected chi connectivity index (χ3v) is 5.10. The summed E-state index contributed by atoms with van der Waals surface area (Å²) in [6, 6.07) is 19.1.